The molecule has 9 heteroatoms. The number of aromatic nitrogens is 2. The van der Waals surface area contributed by atoms with E-state index in [9.17, 15) is 0 Å². The van der Waals surface area contributed by atoms with Crippen molar-refractivity contribution < 1.29 is 9.31 Å². The number of nitrogens with zero attached hydrogens (tertiary/aromatic N) is 2. The quantitative estimate of drug-likeness (QED) is 0.411. The maximum Gasteiger partial charge on any atom is 0.497 e. The van der Waals surface area contributed by atoms with Gasteiger partial charge in [-0.3, -0.25) is 0 Å². The molecule has 6 nitrogen and oxygen atoms in total. The topological polar surface area (TPSA) is 60.3 Å². The van der Waals surface area contributed by atoms with E-state index in [-0.39, 0.29) is 18.3 Å². The Morgan fingerprint density at radius 3 is 2.60 bits per heavy atom. The summed E-state index contributed by atoms with van der Waals surface area (Å²) in [4.78, 5) is 0. The van der Waals surface area contributed by atoms with E-state index < -0.39 is 0 Å². The van der Waals surface area contributed by atoms with Crippen molar-refractivity contribution in [1.29, 1.82) is 0 Å². The van der Waals surface area contributed by atoms with Crippen molar-refractivity contribution in [3.8, 4) is 11.1 Å². The van der Waals surface area contributed by atoms with Gasteiger partial charge in [-0.25, -0.2) is 9.88 Å². The molecule has 3 heterocycles. The molecule has 1 atom stereocenters. The highest BCUT2D eigenvalue weighted by Gasteiger charge is 2.52. The predicted octanol–water partition coefficient (Wildman–Crippen LogP) is 3.07. The number of hydrogen-bond acceptors (Lipinski definition) is 5. The lowest BCUT2D eigenvalue weighted by Gasteiger charge is -2.32. The number of hydrogen-bond donors (Lipinski definition) is 2. The lowest BCUT2D eigenvalue weighted by atomic mass is 9.76. The maximum atomic E-state index is 6.24. The first kappa shape index (κ1) is 17.7. The summed E-state index contributed by atoms with van der Waals surface area (Å²) < 4.78 is 14.4. The Balaban J connectivity index is 1.74. The monoisotopic (exact) mass is 470 g/mol. The molecule has 0 saturated carbocycles. The summed E-state index contributed by atoms with van der Waals surface area (Å²) >= 11 is 2.33. The number of nitrogens with one attached hydrogen (secondary N) is 2. The number of benzene rings is 1. The van der Waals surface area contributed by atoms with Crippen molar-refractivity contribution in [1.82, 2.24) is 15.0 Å². The fraction of sp³-hybridized carbons (Fsp3) is 0.438. The lowest BCUT2D eigenvalue weighted by molar-refractivity contribution is 0.00578. The highest BCUT2D eigenvalue weighted by atomic mass is 127. The zero-order chi connectivity index (χ0) is 17.8. The van der Waals surface area contributed by atoms with Crippen molar-refractivity contribution in [3.63, 3.8) is 0 Å². The van der Waals surface area contributed by atoms with Crippen LogP contribution in [0, 0.1) is 0 Å². The maximum absolute atomic E-state index is 6.24. The van der Waals surface area contributed by atoms with Crippen LogP contribution in [0.5, 0.6) is 0 Å². The summed E-state index contributed by atoms with van der Waals surface area (Å²) in [6.07, 6.45) is 4.61. The van der Waals surface area contributed by atoms with E-state index in [1.165, 1.54) is 11.1 Å². The molecule has 1 aromatic heterocycles. The Morgan fingerprint density at radius 2 is 1.96 bits per heavy atom. The van der Waals surface area contributed by atoms with Crippen LogP contribution >= 0.6 is 28.4 Å². The van der Waals surface area contributed by atoms with E-state index in [1.54, 1.807) is 0 Å². The summed E-state index contributed by atoms with van der Waals surface area (Å²) in [5, 5.41) is 4.41. The number of halogens is 1. The molecule has 132 valence electrons. The number of fused-ring (bicyclic) bond motifs is 1. The molecule has 1 aromatic carbocycles. The first-order valence-corrected chi connectivity index (χ1v) is 12.3. The van der Waals surface area contributed by atoms with Gasteiger partial charge in [-0.2, -0.15) is 5.10 Å². The van der Waals surface area contributed by atoms with Gasteiger partial charge in [0.2, 0.25) is 0 Å². The first-order chi connectivity index (χ1) is 11.8. The Morgan fingerprint density at radius 1 is 1.24 bits per heavy atom. The van der Waals surface area contributed by atoms with Crippen LogP contribution in [0.2, 0.25) is 0 Å². The van der Waals surface area contributed by atoms with Gasteiger partial charge in [0.15, 0.2) is 0 Å². The van der Waals surface area contributed by atoms with Gasteiger partial charge in [0, 0.05) is 23.8 Å². The third-order valence-corrected chi connectivity index (χ3v) is 7.21. The summed E-state index contributed by atoms with van der Waals surface area (Å²) in [7, 11) is -0.376. The van der Waals surface area contributed by atoms with Crippen LogP contribution in [0.15, 0.2) is 24.5 Å². The normalized spacial score (nSPS) is 21.1. The molecule has 25 heavy (non-hydrogen) atoms. The lowest BCUT2D eigenvalue weighted by Crippen LogP contribution is -2.41. The molecule has 2 aromatic rings. The van der Waals surface area contributed by atoms with Gasteiger partial charge in [-0.1, -0.05) is 12.1 Å². The van der Waals surface area contributed by atoms with E-state index in [0.717, 1.165) is 23.3 Å². The minimum atomic E-state index is -0.376. The largest absolute Gasteiger partial charge is 0.497 e. The molecule has 0 bridgehead atoms. The van der Waals surface area contributed by atoms with Gasteiger partial charge >= 0.3 is 7.12 Å². The van der Waals surface area contributed by atoms with Gasteiger partial charge < -0.3 is 14.7 Å². The summed E-state index contributed by atoms with van der Waals surface area (Å²) in [6.45, 7) is 9.06. The van der Waals surface area contributed by atoms with E-state index in [4.69, 9.17) is 9.31 Å². The summed E-state index contributed by atoms with van der Waals surface area (Å²) in [6, 6.07) is 4.24. The molecular weight excluding hydrogens is 449 g/mol. The Hall–Kier alpha value is -0.665. The van der Waals surface area contributed by atoms with Gasteiger partial charge in [0.25, 0.3) is 0 Å². The molecule has 0 radical (unpaired) electrons. The van der Waals surface area contributed by atoms with Gasteiger partial charge in [-0.05, 0) is 60.9 Å². The molecule has 2 aliphatic rings. The van der Waals surface area contributed by atoms with Gasteiger partial charge in [-0.15, -0.1) is 0 Å². The van der Waals surface area contributed by atoms with Gasteiger partial charge in [0.1, 0.15) is 0 Å². The molecular formula is C16H21BIN4O2P. The Bertz CT molecular complexity index is 810. The van der Waals surface area contributed by atoms with Crippen molar-refractivity contribution >= 4 is 46.7 Å². The molecule has 2 N–H and O–H groups in total. The second-order valence-corrected chi connectivity index (χ2v) is 9.46. The fourth-order valence-corrected chi connectivity index (χ4v) is 4.24. The average Bonchev–Trinajstić information content (AvgIpc) is 3.25. The van der Waals surface area contributed by atoms with Crippen molar-refractivity contribution in [3.05, 3.63) is 30.1 Å². The number of anilines is 1. The smallest absolute Gasteiger partial charge is 0.399 e. The van der Waals surface area contributed by atoms with Crippen LogP contribution < -0.4 is 16.3 Å². The Kier molecular flexibility index (Phi) is 4.40. The zero-order valence-electron chi connectivity index (χ0n) is 14.7. The SMILES string of the molecule is CC1(C)OB(c2ccc(-c3cnn(PI)c3)c3c2NNC3)OC1(C)C. The molecule has 0 aliphatic carbocycles. The van der Waals surface area contributed by atoms with Crippen LogP contribution in [-0.2, 0) is 15.9 Å². The minimum absolute atomic E-state index is 0.350. The predicted molar refractivity (Wildman–Crippen MR) is 112 cm³/mol. The standard InChI is InChI=1S/C16H21BIN4O2P/c1-15(2)16(3,4)24-17(23-15)13-6-5-11(12-8-19-21-14(12)13)10-7-20-22(9-10)25-18/h5-7,9,19,21,25H,8H2,1-4H3. The second-order valence-electron chi connectivity index (χ2n) is 7.38. The van der Waals surface area contributed by atoms with Crippen LogP contribution in [0.3, 0.4) is 0 Å². The molecule has 0 spiro atoms. The first-order valence-electron chi connectivity index (χ1n) is 8.24. The fourth-order valence-electron chi connectivity index (χ4n) is 3.16. The van der Waals surface area contributed by atoms with E-state index in [0.29, 0.717) is 6.37 Å². The minimum Gasteiger partial charge on any atom is -0.399 e. The summed E-state index contributed by atoms with van der Waals surface area (Å²) in [5.74, 6) is 0. The molecule has 1 saturated heterocycles. The van der Waals surface area contributed by atoms with Crippen molar-refractivity contribution in [2.45, 2.75) is 45.4 Å². The van der Waals surface area contributed by atoms with Gasteiger partial charge in [0.05, 0.1) is 29.5 Å². The molecule has 0 amide bonds. The third kappa shape index (κ3) is 2.92. The van der Waals surface area contributed by atoms with Crippen LogP contribution in [0.4, 0.5) is 5.69 Å². The van der Waals surface area contributed by atoms with E-state index >= 15 is 0 Å². The molecule has 2 aliphatic heterocycles. The highest BCUT2D eigenvalue weighted by molar-refractivity contribution is 14.2. The van der Waals surface area contributed by atoms with Crippen molar-refractivity contribution in [2.24, 2.45) is 0 Å². The number of rotatable bonds is 3. The molecule has 1 fully saturated rings. The van der Waals surface area contributed by atoms with Crippen molar-refractivity contribution in [2.75, 3.05) is 5.43 Å². The van der Waals surface area contributed by atoms with Crippen LogP contribution in [0.25, 0.3) is 11.1 Å². The highest BCUT2D eigenvalue weighted by Crippen LogP contribution is 2.39. The van der Waals surface area contributed by atoms with E-state index in [2.05, 4.69) is 84.0 Å². The van der Waals surface area contributed by atoms with Crippen LogP contribution in [0.1, 0.15) is 33.3 Å². The third-order valence-electron chi connectivity index (χ3n) is 5.31. The second kappa shape index (κ2) is 6.20. The van der Waals surface area contributed by atoms with Crippen LogP contribution in [-0.4, -0.2) is 27.9 Å². The summed E-state index contributed by atoms with van der Waals surface area (Å²) in [5.41, 5.74) is 11.5. The molecule has 1 unspecified atom stereocenters. The van der Waals surface area contributed by atoms with E-state index in [1.807, 2.05) is 10.6 Å². The average molecular weight is 470 g/mol. The number of hydrazine groups is 1. The zero-order valence-corrected chi connectivity index (χ0v) is 17.8. The Labute approximate surface area is 162 Å². The molecule has 4 rings (SSSR count).